The number of hydrogen-bond acceptors (Lipinski definition) is 3. The molecular formula is C18H21NO3. The van der Waals surface area contributed by atoms with Gasteiger partial charge < -0.3 is 9.64 Å². The summed E-state index contributed by atoms with van der Waals surface area (Å²) >= 11 is 0. The van der Waals surface area contributed by atoms with E-state index in [9.17, 15) is 9.59 Å². The van der Waals surface area contributed by atoms with Gasteiger partial charge in [0.1, 0.15) is 6.61 Å². The Labute approximate surface area is 131 Å². The van der Waals surface area contributed by atoms with E-state index in [-0.39, 0.29) is 24.5 Å². The Morgan fingerprint density at radius 1 is 1.32 bits per heavy atom. The van der Waals surface area contributed by atoms with Crippen LogP contribution in [-0.2, 0) is 20.9 Å². The van der Waals surface area contributed by atoms with Gasteiger partial charge in [-0.1, -0.05) is 42.3 Å². The SMILES string of the molecule is CC#CC(=O)N(Cc1ccccc1)C(C)/C=C/COC(C)=O. The zero-order chi connectivity index (χ0) is 16.4. The number of nitrogens with zero attached hydrogens (tertiary/aromatic N) is 1. The van der Waals surface area contributed by atoms with Gasteiger partial charge in [0.2, 0.25) is 0 Å². The van der Waals surface area contributed by atoms with Gasteiger partial charge in [-0.15, -0.1) is 0 Å². The molecule has 0 heterocycles. The fourth-order valence-corrected chi connectivity index (χ4v) is 1.88. The maximum Gasteiger partial charge on any atom is 0.302 e. The van der Waals surface area contributed by atoms with Gasteiger partial charge >= 0.3 is 5.97 Å². The van der Waals surface area contributed by atoms with Crippen molar-refractivity contribution < 1.29 is 14.3 Å². The van der Waals surface area contributed by atoms with Crippen LogP contribution in [0.15, 0.2) is 42.5 Å². The molecule has 116 valence electrons. The fraction of sp³-hybridized carbons (Fsp3) is 0.333. The summed E-state index contributed by atoms with van der Waals surface area (Å²) in [4.78, 5) is 24.6. The van der Waals surface area contributed by atoms with Crippen LogP contribution in [0.25, 0.3) is 0 Å². The Hall–Kier alpha value is -2.54. The second kappa shape index (κ2) is 9.41. The number of rotatable bonds is 6. The second-order valence-electron chi connectivity index (χ2n) is 4.76. The van der Waals surface area contributed by atoms with Crippen LogP contribution in [0, 0.1) is 11.8 Å². The lowest BCUT2D eigenvalue weighted by molar-refractivity contribution is -0.139. The van der Waals surface area contributed by atoms with Gasteiger partial charge in [-0.3, -0.25) is 9.59 Å². The highest BCUT2D eigenvalue weighted by atomic mass is 16.5. The number of esters is 1. The van der Waals surface area contributed by atoms with Crippen molar-refractivity contribution in [2.45, 2.75) is 33.4 Å². The van der Waals surface area contributed by atoms with Crippen LogP contribution in [0.1, 0.15) is 26.3 Å². The molecular weight excluding hydrogens is 278 g/mol. The molecule has 1 rings (SSSR count). The molecule has 0 saturated carbocycles. The van der Waals surface area contributed by atoms with Crippen molar-refractivity contribution in [1.82, 2.24) is 4.90 Å². The molecule has 0 radical (unpaired) electrons. The maximum atomic E-state index is 12.2. The molecule has 0 aliphatic carbocycles. The minimum Gasteiger partial charge on any atom is -0.462 e. The molecule has 1 aromatic rings. The molecule has 4 heteroatoms. The highest BCUT2D eigenvalue weighted by Crippen LogP contribution is 2.09. The number of amides is 1. The van der Waals surface area contributed by atoms with Gasteiger partial charge in [0.15, 0.2) is 0 Å². The van der Waals surface area contributed by atoms with E-state index in [1.54, 1.807) is 17.9 Å². The summed E-state index contributed by atoms with van der Waals surface area (Å²) in [5.74, 6) is 4.66. The molecule has 1 atom stereocenters. The maximum absolute atomic E-state index is 12.2. The normalized spacial score (nSPS) is 11.4. The van der Waals surface area contributed by atoms with Crippen molar-refractivity contribution in [2.75, 3.05) is 6.61 Å². The van der Waals surface area contributed by atoms with Crippen LogP contribution in [0.4, 0.5) is 0 Å². The third-order valence-electron chi connectivity index (χ3n) is 2.98. The van der Waals surface area contributed by atoms with Gasteiger partial charge in [0, 0.05) is 19.5 Å². The Morgan fingerprint density at radius 3 is 2.59 bits per heavy atom. The molecule has 0 aromatic heterocycles. The Kier molecular flexibility index (Phi) is 7.49. The predicted molar refractivity (Wildman–Crippen MR) is 85.7 cm³/mol. The lowest BCUT2D eigenvalue weighted by Crippen LogP contribution is -2.36. The summed E-state index contributed by atoms with van der Waals surface area (Å²) in [6.07, 6.45) is 3.57. The lowest BCUT2D eigenvalue weighted by atomic mass is 10.1. The molecule has 1 aromatic carbocycles. The lowest BCUT2D eigenvalue weighted by Gasteiger charge is -2.25. The standard InChI is InChI=1S/C18H21NO3/c1-4-9-18(21)19(14-17-11-6-5-7-12-17)15(2)10-8-13-22-16(3)20/h5-8,10-12,15H,13-14H2,1-3H3/b10-8+. The van der Waals surface area contributed by atoms with E-state index >= 15 is 0 Å². The quantitative estimate of drug-likeness (QED) is 0.461. The minimum atomic E-state index is -0.327. The summed E-state index contributed by atoms with van der Waals surface area (Å²) in [7, 11) is 0. The van der Waals surface area contributed by atoms with Crippen molar-refractivity contribution in [2.24, 2.45) is 0 Å². The van der Waals surface area contributed by atoms with E-state index in [2.05, 4.69) is 11.8 Å². The summed E-state index contributed by atoms with van der Waals surface area (Å²) in [5.41, 5.74) is 1.04. The molecule has 0 aliphatic rings. The summed E-state index contributed by atoms with van der Waals surface area (Å²) < 4.78 is 4.84. The van der Waals surface area contributed by atoms with Crippen LogP contribution in [-0.4, -0.2) is 29.4 Å². The smallest absolute Gasteiger partial charge is 0.302 e. The van der Waals surface area contributed by atoms with Crippen molar-refractivity contribution in [3.8, 4) is 11.8 Å². The molecule has 0 fully saturated rings. The van der Waals surface area contributed by atoms with Gasteiger partial charge in [-0.25, -0.2) is 0 Å². The van der Waals surface area contributed by atoms with Gasteiger partial charge in [0.05, 0.1) is 0 Å². The van der Waals surface area contributed by atoms with Crippen molar-refractivity contribution in [3.63, 3.8) is 0 Å². The van der Waals surface area contributed by atoms with Gasteiger partial charge in [-0.2, -0.15) is 0 Å². The third-order valence-corrected chi connectivity index (χ3v) is 2.98. The first kappa shape index (κ1) is 17.5. The zero-order valence-corrected chi connectivity index (χ0v) is 13.2. The number of ether oxygens (including phenoxy) is 1. The molecule has 0 bridgehead atoms. The highest BCUT2D eigenvalue weighted by Gasteiger charge is 2.16. The molecule has 0 aliphatic heterocycles. The van der Waals surface area contributed by atoms with E-state index < -0.39 is 0 Å². The predicted octanol–water partition coefficient (Wildman–Crippen LogP) is 2.55. The first-order valence-electron chi connectivity index (χ1n) is 7.12. The minimum absolute atomic E-state index is 0.149. The largest absolute Gasteiger partial charge is 0.462 e. The Bertz CT molecular complexity index is 581. The van der Waals surface area contributed by atoms with Crippen LogP contribution < -0.4 is 0 Å². The van der Waals surface area contributed by atoms with Crippen LogP contribution in [0.3, 0.4) is 0 Å². The first-order valence-corrected chi connectivity index (χ1v) is 7.12. The molecule has 4 nitrogen and oxygen atoms in total. The Balaban J connectivity index is 2.78. The molecule has 0 spiro atoms. The summed E-state index contributed by atoms with van der Waals surface area (Å²) in [6, 6.07) is 9.59. The van der Waals surface area contributed by atoms with E-state index in [4.69, 9.17) is 4.74 Å². The van der Waals surface area contributed by atoms with Gasteiger partial charge in [-0.05, 0) is 31.4 Å². The van der Waals surface area contributed by atoms with Crippen LogP contribution >= 0.6 is 0 Å². The summed E-state index contributed by atoms with van der Waals surface area (Å²) in [5, 5.41) is 0. The second-order valence-corrected chi connectivity index (χ2v) is 4.76. The summed E-state index contributed by atoms with van der Waals surface area (Å²) in [6.45, 7) is 5.58. The average Bonchev–Trinajstić information content (AvgIpc) is 2.50. The van der Waals surface area contributed by atoms with Crippen molar-refractivity contribution in [1.29, 1.82) is 0 Å². The fourth-order valence-electron chi connectivity index (χ4n) is 1.88. The topological polar surface area (TPSA) is 46.6 Å². The van der Waals surface area contributed by atoms with E-state index in [0.29, 0.717) is 6.54 Å². The molecule has 1 amide bonds. The Morgan fingerprint density at radius 2 is 2.00 bits per heavy atom. The third kappa shape index (κ3) is 6.27. The molecule has 22 heavy (non-hydrogen) atoms. The van der Waals surface area contributed by atoms with Crippen LogP contribution in [0.2, 0.25) is 0 Å². The molecule has 1 unspecified atom stereocenters. The van der Waals surface area contributed by atoms with E-state index in [0.717, 1.165) is 5.56 Å². The van der Waals surface area contributed by atoms with Crippen molar-refractivity contribution in [3.05, 3.63) is 48.0 Å². The van der Waals surface area contributed by atoms with E-state index in [1.165, 1.54) is 6.92 Å². The number of carbonyl (C=O) groups is 2. The van der Waals surface area contributed by atoms with Crippen LogP contribution in [0.5, 0.6) is 0 Å². The molecule has 0 saturated heterocycles. The first-order chi connectivity index (χ1) is 10.5. The van der Waals surface area contributed by atoms with E-state index in [1.807, 2.05) is 43.3 Å². The van der Waals surface area contributed by atoms with Crippen molar-refractivity contribution >= 4 is 11.9 Å². The number of carbonyl (C=O) groups excluding carboxylic acids is 2. The average molecular weight is 299 g/mol. The number of benzene rings is 1. The molecule has 0 N–H and O–H groups in total. The number of hydrogen-bond donors (Lipinski definition) is 0. The zero-order valence-electron chi connectivity index (χ0n) is 13.2. The van der Waals surface area contributed by atoms with Gasteiger partial charge in [0.25, 0.3) is 5.91 Å². The monoisotopic (exact) mass is 299 g/mol. The highest BCUT2D eigenvalue weighted by molar-refractivity contribution is 5.93.